The monoisotopic (exact) mass is 268 g/mol. The van der Waals surface area contributed by atoms with E-state index in [1.807, 2.05) is 4.90 Å². The molecule has 2 heterocycles. The van der Waals surface area contributed by atoms with Crippen molar-refractivity contribution in [3.05, 3.63) is 6.33 Å². The molecule has 0 unspecified atom stereocenters. The van der Waals surface area contributed by atoms with E-state index in [0.29, 0.717) is 32.7 Å². The maximum absolute atomic E-state index is 11.9. The van der Waals surface area contributed by atoms with Gasteiger partial charge in [0.1, 0.15) is 6.33 Å². The summed E-state index contributed by atoms with van der Waals surface area (Å²) >= 11 is 0. The molecular formula is C10H16N6O3. The van der Waals surface area contributed by atoms with E-state index in [-0.39, 0.29) is 12.6 Å². The Hall–Kier alpha value is -2.00. The zero-order chi connectivity index (χ0) is 13.7. The molecule has 3 N–H and O–H groups in total. The van der Waals surface area contributed by atoms with Crippen molar-refractivity contribution < 1.29 is 14.7 Å². The molecule has 0 aliphatic carbocycles. The molecule has 0 spiro atoms. The third kappa shape index (κ3) is 3.48. The summed E-state index contributed by atoms with van der Waals surface area (Å²) in [5, 5.41) is 17.2. The van der Waals surface area contributed by atoms with Crippen molar-refractivity contribution >= 4 is 17.8 Å². The third-order valence-corrected chi connectivity index (χ3v) is 2.92. The Balaban J connectivity index is 1.82. The molecule has 1 saturated heterocycles. The zero-order valence-corrected chi connectivity index (χ0v) is 10.4. The van der Waals surface area contributed by atoms with Gasteiger partial charge in [0.2, 0.25) is 5.95 Å². The number of aromatic amines is 1. The number of carbonyl (C=O) groups is 2. The summed E-state index contributed by atoms with van der Waals surface area (Å²) in [5.41, 5.74) is 0. The minimum absolute atomic E-state index is 0.0971. The quantitative estimate of drug-likeness (QED) is 0.540. The second-order valence-corrected chi connectivity index (χ2v) is 4.15. The van der Waals surface area contributed by atoms with E-state index in [9.17, 15) is 9.59 Å². The first-order valence-electron chi connectivity index (χ1n) is 5.99. The van der Waals surface area contributed by atoms with Crippen LogP contribution in [0.4, 0.5) is 5.95 Å². The van der Waals surface area contributed by atoms with Gasteiger partial charge >= 0.3 is 11.8 Å². The number of aliphatic hydroxyl groups excluding tert-OH is 1. The molecule has 1 aromatic rings. The van der Waals surface area contributed by atoms with Gasteiger partial charge in [0.15, 0.2) is 0 Å². The third-order valence-electron chi connectivity index (χ3n) is 2.92. The van der Waals surface area contributed by atoms with Crippen LogP contribution in [-0.2, 0) is 9.59 Å². The van der Waals surface area contributed by atoms with Gasteiger partial charge in [-0.05, 0) is 0 Å². The average Bonchev–Trinajstić information content (AvgIpc) is 2.92. The molecule has 19 heavy (non-hydrogen) atoms. The Morgan fingerprint density at radius 2 is 2.11 bits per heavy atom. The number of β-amino-alcohol motifs (C(OH)–C–C–N with tert-alkyl or cyclic N) is 1. The van der Waals surface area contributed by atoms with Crippen molar-refractivity contribution in [3.63, 3.8) is 0 Å². The lowest BCUT2D eigenvalue weighted by Gasteiger charge is -2.33. The Labute approximate surface area is 109 Å². The molecule has 104 valence electrons. The van der Waals surface area contributed by atoms with Crippen LogP contribution in [-0.4, -0.2) is 81.2 Å². The van der Waals surface area contributed by atoms with Crippen molar-refractivity contribution in [1.82, 2.24) is 25.0 Å². The molecule has 0 bridgehead atoms. The van der Waals surface area contributed by atoms with Crippen LogP contribution in [0.1, 0.15) is 0 Å². The first-order chi connectivity index (χ1) is 9.20. The van der Waals surface area contributed by atoms with E-state index < -0.39 is 11.8 Å². The van der Waals surface area contributed by atoms with Crippen LogP contribution < -0.4 is 5.32 Å². The number of aromatic nitrogens is 3. The first kappa shape index (κ1) is 13.4. The number of nitrogens with one attached hydrogen (secondary N) is 2. The maximum Gasteiger partial charge on any atom is 0.316 e. The summed E-state index contributed by atoms with van der Waals surface area (Å²) in [7, 11) is 0. The van der Waals surface area contributed by atoms with Gasteiger partial charge in [-0.3, -0.25) is 19.8 Å². The molecular weight excluding hydrogens is 252 g/mol. The normalized spacial score (nSPS) is 16.4. The highest BCUT2D eigenvalue weighted by atomic mass is 16.3. The van der Waals surface area contributed by atoms with Crippen LogP contribution in [0.3, 0.4) is 0 Å². The van der Waals surface area contributed by atoms with Crippen LogP contribution in [0.5, 0.6) is 0 Å². The fourth-order valence-corrected chi connectivity index (χ4v) is 1.89. The van der Waals surface area contributed by atoms with Crippen molar-refractivity contribution in [2.45, 2.75) is 0 Å². The zero-order valence-electron chi connectivity index (χ0n) is 10.4. The summed E-state index contributed by atoms with van der Waals surface area (Å²) < 4.78 is 0. The summed E-state index contributed by atoms with van der Waals surface area (Å²) in [5.74, 6) is -1.16. The summed E-state index contributed by atoms with van der Waals surface area (Å²) in [6.45, 7) is 2.95. The maximum atomic E-state index is 11.9. The van der Waals surface area contributed by atoms with E-state index in [1.165, 1.54) is 11.2 Å². The van der Waals surface area contributed by atoms with E-state index in [0.717, 1.165) is 0 Å². The fourth-order valence-electron chi connectivity index (χ4n) is 1.89. The standard InChI is InChI=1S/C10H16N6O3/c17-6-5-15-1-3-16(4-2-15)9(19)8(18)13-10-11-7-12-14-10/h7,17H,1-6H2,(H2,11,12,13,14,18). The number of nitrogens with zero attached hydrogens (tertiary/aromatic N) is 4. The molecule has 2 amide bonds. The number of piperazine rings is 1. The molecule has 1 aliphatic rings. The molecule has 0 radical (unpaired) electrons. The van der Waals surface area contributed by atoms with Crippen molar-refractivity contribution in [1.29, 1.82) is 0 Å². The highest BCUT2D eigenvalue weighted by molar-refractivity contribution is 6.39. The van der Waals surface area contributed by atoms with Gasteiger partial charge in [0, 0.05) is 32.7 Å². The SMILES string of the molecule is O=C(Nc1ncn[nH]1)C(=O)N1CCN(CCO)CC1. The van der Waals surface area contributed by atoms with Gasteiger partial charge < -0.3 is 10.0 Å². The van der Waals surface area contributed by atoms with Crippen molar-refractivity contribution in [2.75, 3.05) is 44.6 Å². The Morgan fingerprint density at radius 1 is 1.37 bits per heavy atom. The predicted octanol–water partition coefficient (Wildman–Crippen LogP) is -2.12. The fraction of sp³-hybridized carbons (Fsp3) is 0.600. The molecule has 1 aromatic heterocycles. The number of carbonyl (C=O) groups excluding carboxylic acids is 2. The van der Waals surface area contributed by atoms with Crippen LogP contribution in [0.25, 0.3) is 0 Å². The summed E-state index contributed by atoms with van der Waals surface area (Å²) in [4.78, 5) is 30.8. The topological polar surface area (TPSA) is 114 Å². The van der Waals surface area contributed by atoms with Gasteiger partial charge in [0.05, 0.1) is 6.61 Å². The van der Waals surface area contributed by atoms with Crippen molar-refractivity contribution in [2.24, 2.45) is 0 Å². The highest BCUT2D eigenvalue weighted by Gasteiger charge is 2.26. The molecule has 0 saturated carbocycles. The van der Waals surface area contributed by atoms with Gasteiger partial charge in [-0.1, -0.05) is 0 Å². The minimum atomic E-state index is -0.729. The lowest BCUT2D eigenvalue weighted by Crippen LogP contribution is -2.52. The van der Waals surface area contributed by atoms with E-state index >= 15 is 0 Å². The molecule has 0 atom stereocenters. The van der Waals surface area contributed by atoms with E-state index in [4.69, 9.17) is 5.11 Å². The van der Waals surface area contributed by atoms with Crippen LogP contribution in [0.2, 0.25) is 0 Å². The van der Waals surface area contributed by atoms with Crippen LogP contribution in [0, 0.1) is 0 Å². The Kier molecular flexibility index (Phi) is 4.42. The summed E-state index contributed by atoms with van der Waals surface area (Å²) in [6, 6.07) is 0. The molecule has 2 rings (SSSR count). The number of hydrogen-bond donors (Lipinski definition) is 3. The lowest BCUT2D eigenvalue weighted by atomic mass is 10.3. The second kappa shape index (κ2) is 6.25. The van der Waals surface area contributed by atoms with Crippen LogP contribution >= 0.6 is 0 Å². The molecule has 9 heteroatoms. The van der Waals surface area contributed by atoms with Crippen LogP contribution in [0.15, 0.2) is 6.33 Å². The molecule has 0 aromatic carbocycles. The second-order valence-electron chi connectivity index (χ2n) is 4.15. The summed E-state index contributed by atoms with van der Waals surface area (Å²) in [6.07, 6.45) is 1.24. The molecule has 1 fully saturated rings. The van der Waals surface area contributed by atoms with Gasteiger partial charge in [-0.2, -0.15) is 10.1 Å². The Morgan fingerprint density at radius 3 is 2.68 bits per heavy atom. The number of H-pyrrole nitrogens is 1. The number of hydrogen-bond acceptors (Lipinski definition) is 6. The Bertz CT molecular complexity index is 426. The number of anilines is 1. The smallest absolute Gasteiger partial charge is 0.316 e. The lowest BCUT2D eigenvalue weighted by molar-refractivity contribution is -0.144. The van der Waals surface area contributed by atoms with E-state index in [2.05, 4.69) is 20.5 Å². The predicted molar refractivity (Wildman–Crippen MR) is 65.1 cm³/mol. The molecule has 9 nitrogen and oxygen atoms in total. The molecule has 1 aliphatic heterocycles. The largest absolute Gasteiger partial charge is 0.395 e. The highest BCUT2D eigenvalue weighted by Crippen LogP contribution is 2.03. The average molecular weight is 268 g/mol. The number of aliphatic hydroxyl groups is 1. The first-order valence-corrected chi connectivity index (χ1v) is 5.99. The van der Waals surface area contributed by atoms with E-state index in [1.54, 1.807) is 0 Å². The van der Waals surface area contributed by atoms with Gasteiger partial charge in [0.25, 0.3) is 0 Å². The van der Waals surface area contributed by atoms with Gasteiger partial charge in [-0.15, -0.1) is 0 Å². The number of amides is 2. The van der Waals surface area contributed by atoms with Crippen molar-refractivity contribution in [3.8, 4) is 0 Å². The van der Waals surface area contributed by atoms with Gasteiger partial charge in [-0.25, -0.2) is 5.10 Å². The minimum Gasteiger partial charge on any atom is -0.395 e. The number of rotatable bonds is 3.